The van der Waals surface area contributed by atoms with Gasteiger partial charge in [-0.1, -0.05) is 29.8 Å². The standard InChI is InChI=1S/C23H20F3N5O2S/c1-12-3-5-14(6-4-12)15-9-16(23(24,25)26)29-22-18(15)19(20(34-22)21(27)33)30-17(32)7-8-31-11-13(2)10-28-31/h3-6,9-11H,7-8H2,1-2H3,(H2,27,33)(H,30,32). The molecule has 11 heteroatoms. The van der Waals surface area contributed by atoms with Gasteiger partial charge in [-0.2, -0.15) is 18.3 Å². The molecule has 0 radical (unpaired) electrons. The number of nitrogens with two attached hydrogens (primary N) is 1. The van der Waals surface area contributed by atoms with Gasteiger partial charge in [0.1, 0.15) is 15.4 Å². The van der Waals surface area contributed by atoms with E-state index in [1.54, 1.807) is 41.3 Å². The van der Waals surface area contributed by atoms with Crippen LogP contribution in [-0.4, -0.2) is 26.6 Å². The number of benzene rings is 1. The zero-order chi connectivity index (χ0) is 24.6. The molecule has 0 aliphatic rings. The Morgan fingerprint density at radius 3 is 2.44 bits per heavy atom. The second-order valence-corrected chi connectivity index (χ2v) is 8.85. The first-order valence-electron chi connectivity index (χ1n) is 10.2. The van der Waals surface area contributed by atoms with Gasteiger partial charge in [0, 0.05) is 24.5 Å². The maximum atomic E-state index is 13.6. The number of nitrogens with one attached hydrogen (secondary N) is 1. The van der Waals surface area contributed by atoms with E-state index >= 15 is 0 Å². The molecule has 1 aromatic carbocycles. The highest BCUT2D eigenvalue weighted by atomic mass is 32.1. The molecule has 176 valence electrons. The van der Waals surface area contributed by atoms with Crippen molar-refractivity contribution < 1.29 is 22.8 Å². The SMILES string of the molecule is Cc1ccc(-c2cc(C(F)(F)F)nc3sc(C(N)=O)c(NC(=O)CCn4cc(C)cn4)c23)cc1. The molecule has 0 aliphatic heterocycles. The number of hydrogen-bond donors (Lipinski definition) is 2. The number of alkyl halides is 3. The van der Waals surface area contributed by atoms with Crippen LogP contribution in [0, 0.1) is 13.8 Å². The Morgan fingerprint density at radius 2 is 1.85 bits per heavy atom. The molecule has 0 saturated heterocycles. The van der Waals surface area contributed by atoms with Gasteiger partial charge < -0.3 is 11.1 Å². The fourth-order valence-electron chi connectivity index (χ4n) is 3.50. The summed E-state index contributed by atoms with van der Waals surface area (Å²) < 4.78 is 42.4. The molecule has 0 fully saturated rings. The molecule has 4 aromatic rings. The smallest absolute Gasteiger partial charge is 0.365 e. The first-order chi connectivity index (χ1) is 16.0. The van der Waals surface area contributed by atoms with Crippen LogP contribution in [0.4, 0.5) is 18.9 Å². The largest absolute Gasteiger partial charge is 0.433 e. The maximum absolute atomic E-state index is 13.6. The number of aryl methyl sites for hydroxylation is 3. The number of halogens is 3. The normalized spacial score (nSPS) is 11.7. The summed E-state index contributed by atoms with van der Waals surface area (Å²) in [7, 11) is 0. The van der Waals surface area contributed by atoms with E-state index in [-0.39, 0.29) is 39.3 Å². The quantitative estimate of drug-likeness (QED) is 0.403. The fourth-order valence-corrected chi connectivity index (χ4v) is 4.51. The van der Waals surface area contributed by atoms with Gasteiger partial charge in [0.05, 0.1) is 11.9 Å². The Labute approximate surface area is 196 Å². The van der Waals surface area contributed by atoms with Gasteiger partial charge in [-0.25, -0.2) is 4.98 Å². The molecule has 0 aliphatic carbocycles. The predicted molar refractivity (Wildman–Crippen MR) is 124 cm³/mol. The van der Waals surface area contributed by atoms with Crippen LogP contribution in [-0.2, 0) is 17.5 Å². The van der Waals surface area contributed by atoms with Crippen molar-refractivity contribution >= 4 is 39.1 Å². The van der Waals surface area contributed by atoms with E-state index in [1.165, 1.54) is 0 Å². The summed E-state index contributed by atoms with van der Waals surface area (Å²) in [6.45, 7) is 4.01. The summed E-state index contributed by atoms with van der Waals surface area (Å²) in [4.78, 5) is 28.5. The molecular formula is C23H20F3N5O2S. The second kappa shape index (κ2) is 8.90. The molecule has 0 bridgehead atoms. The molecular weight excluding hydrogens is 467 g/mol. The summed E-state index contributed by atoms with van der Waals surface area (Å²) in [5.74, 6) is -1.31. The molecule has 0 unspecified atom stereocenters. The van der Waals surface area contributed by atoms with Crippen molar-refractivity contribution in [2.45, 2.75) is 33.0 Å². The van der Waals surface area contributed by atoms with Crippen LogP contribution in [0.5, 0.6) is 0 Å². The number of nitrogens with zero attached hydrogens (tertiary/aromatic N) is 3. The number of amides is 2. The van der Waals surface area contributed by atoms with Crippen LogP contribution >= 0.6 is 11.3 Å². The lowest BCUT2D eigenvalue weighted by Crippen LogP contribution is -2.18. The van der Waals surface area contributed by atoms with E-state index in [1.807, 2.05) is 13.8 Å². The molecule has 0 atom stereocenters. The minimum Gasteiger partial charge on any atom is -0.365 e. The van der Waals surface area contributed by atoms with Crippen LogP contribution < -0.4 is 11.1 Å². The molecule has 3 N–H and O–H groups in total. The van der Waals surface area contributed by atoms with E-state index in [0.717, 1.165) is 17.2 Å². The monoisotopic (exact) mass is 487 g/mol. The predicted octanol–water partition coefficient (Wildman–Crippen LogP) is 4.92. The lowest BCUT2D eigenvalue weighted by molar-refractivity contribution is -0.140. The van der Waals surface area contributed by atoms with Crippen LogP contribution in [0.25, 0.3) is 21.3 Å². The van der Waals surface area contributed by atoms with Gasteiger partial charge in [-0.3, -0.25) is 14.3 Å². The molecule has 34 heavy (non-hydrogen) atoms. The van der Waals surface area contributed by atoms with Crippen molar-refractivity contribution in [3.05, 3.63) is 64.4 Å². The average molecular weight is 488 g/mol. The number of aromatic nitrogens is 3. The van der Waals surface area contributed by atoms with Crippen LogP contribution in [0.2, 0.25) is 0 Å². The van der Waals surface area contributed by atoms with Gasteiger partial charge in [0.15, 0.2) is 0 Å². The Morgan fingerprint density at radius 1 is 1.15 bits per heavy atom. The van der Waals surface area contributed by atoms with E-state index in [9.17, 15) is 22.8 Å². The van der Waals surface area contributed by atoms with Crippen molar-refractivity contribution in [3.8, 4) is 11.1 Å². The lowest BCUT2D eigenvalue weighted by Gasteiger charge is -2.13. The number of anilines is 1. The first kappa shape index (κ1) is 23.4. The van der Waals surface area contributed by atoms with Crippen molar-refractivity contribution in [2.24, 2.45) is 5.73 Å². The minimum absolute atomic E-state index is 0.0323. The van der Waals surface area contributed by atoms with Crippen molar-refractivity contribution in [3.63, 3.8) is 0 Å². The summed E-state index contributed by atoms with van der Waals surface area (Å²) in [5, 5.41) is 7.04. The van der Waals surface area contributed by atoms with Gasteiger partial charge in [0.2, 0.25) is 5.91 Å². The highest BCUT2D eigenvalue weighted by Gasteiger charge is 2.35. The molecule has 0 saturated carbocycles. The zero-order valence-corrected chi connectivity index (χ0v) is 19.0. The summed E-state index contributed by atoms with van der Waals surface area (Å²) >= 11 is 0.716. The van der Waals surface area contributed by atoms with Gasteiger partial charge in [-0.15, -0.1) is 11.3 Å². The number of pyridine rings is 1. The van der Waals surface area contributed by atoms with E-state index in [4.69, 9.17) is 5.73 Å². The zero-order valence-electron chi connectivity index (χ0n) is 18.2. The number of fused-ring (bicyclic) bond motifs is 1. The topological polar surface area (TPSA) is 103 Å². The van der Waals surface area contributed by atoms with Gasteiger partial charge in [-0.05, 0) is 36.6 Å². The molecule has 3 heterocycles. The third kappa shape index (κ3) is 4.79. The summed E-state index contributed by atoms with van der Waals surface area (Å²) in [5.41, 5.74) is 7.02. The molecule has 7 nitrogen and oxygen atoms in total. The average Bonchev–Trinajstić information content (AvgIpc) is 3.35. The van der Waals surface area contributed by atoms with E-state index in [0.29, 0.717) is 16.9 Å². The summed E-state index contributed by atoms with van der Waals surface area (Å²) in [6.07, 6.45) is -1.23. The molecule has 3 aromatic heterocycles. The lowest BCUT2D eigenvalue weighted by atomic mass is 10.00. The Hall–Kier alpha value is -3.73. The second-order valence-electron chi connectivity index (χ2n) is 7.85. The third-order valence-corrected chi connectivity index (χ3v) is 6.23. The number of thiophene rings is 1. The Bertz CT molecular complexity index is 1390. The minimum atomic E-state index is -4.70. The highest BCUT2D eigenvalue weighted by molar-refractivity contribution is 7.21. The Kier molecular flexibility index (Phi) is 6.13. The molecule has 4 rings (SSSR count). The van der Waals surface area contributed by atoms with E-state index in [2.05, 4.69) is 15.4 Å². The van der Waals surface area contributed by atoms with Crippen LogP contribution in [0.15, 0.2) is 42.7 Å². The van der Waals surface area contributed by atoms with E-state index < -0.39 is 23.7 Å². The molecule has 2 amide bonds. The van der Waals surface area contributed by atoms with Crippen LogP contribution in [0.3, 0.4) is 0 Å². The summed E-state index contributed by atoms with van der Waals surface area (Å²) in [6, 6.07) is 7.81. The number of rotatable bonds is 6. The van der Waals surface area contributed by atoms with Crippen LogP contribution in [0.1, 0.15) is 32.9 Å². The molecule has 0 spiro atoms. The number of hydrogen-bond acceptors (Lipinski definition) is 5. The van der Waals surface area contributed by atoms with Crippen molar-refractivity contribution in [2.75, 3.05) is 5.32 Å². The Balaban J connectivity index is 1.82. The highest BCUT2D eigenvalue weighted by Crippen LogP contribution is 2.43. The van der Waals surface area contributed by atoms with Gasteiger partial charge >= 0.3 is 6.18 Å². The maximum Gasteiger partial charge on any atom is 0.433 e. The number of carbonyl (C=O) groups excluding carboxylic acids is 2. The fraction of sp³-hybridized carbons (Fsp3) is 0.217. The first-order valence-corrected chi connectivity index (χ1v) is 11.0. The number of carbonyl (C=O) groups is 2. The number of primary amides is 1. The third-order valence-electron chi connectivity index (χ3n) is 5.13. The van der Waals surface area contributed by atoms with Gasteiger partial charge in [0.25, 0.3) is 5.91 Å². The van der Waals surface area contributed by atoms with Crippen molar-refractivity contribution in [1.29, 1.82) is 0 Å². The van der Waals surface area contributed by atoms with Crippen molar-refractivity contribution in [1.82, 2.24) is 14.8 Å².